The molecule has 0 amide bonds. The molecule has 0 aromatic carbocycles. The van der Waals surface area contributed by atoms with Gasteiger partial charge in [-0.3, -0.25) is 18.6 Å². The van der Waals surface area contributed by atoms with Gasteiger partial charge in [-0.2, -0.15) is 0 Å². The van der Waals surface area contributed by atoms with Crippen molar-refractivity contribution in [3.8, 4) is 0 Å². The van der Waals surface area contributed by atoms with Crippen molar-refractivity contribution in [3.05, 3.63) is 0 Å². The third-order valence-corrected chi connectivity index (χ3v) is 3.73. The van der Waals surface area contributed by atoms with E-state index in [9.17, 15) is 19.0 Å². The van der Waals surface area contributed by atoms with Gasteiger partial charge >= 0.3 is 19.8 Å². The Morgan fingerprint density at radius 1 is 1.04 bits per heavy atom. The quantitative estimate of drug-likeness (QED) is 0.309. The highest BCUT2D eigenvalue weighted by Crippen LogP contribution is 2.43. The molecule has 0 aromatic rings. The number of carbonyl (C=O) groups is 2. The van der Waals surface area contributed by atoms with Crippen LogP contribution in [0.15, 0.2) is 0 Å². The van der Waals surface area contributed by atoms with Gasteiger partial charge in [-0.25, -0.2) is 4.57 Å². The Morgan fingerprint density at radius 2 is 1.62 bits per heavy atom. The first-order chi connectivity index (χ1) is 11.0. The van der Waals surface area contributed by atoms with Gasteiger partial charge in [0, 0.05) is 12.8 Å². The Morgan fingerprint density at radius 3 is 2.12 bits per heavy atom. The average Bonchev–Trinajstić information content (AvgIpc) is 2.47. The maximum atomic E-state index is 11.8. The standard InChI is InChI=1S/C14H28NO8P/c1-6-13(16)20-10-12(23-14(17)7-2)11-22-24(18,19)21-9-8-15(3,4)5/h12H,6-11H2,1-5H3/p+1. The summed E-state index contributed by atoms with van der Waals surface area (Å²) in [7, 11) is 1.45. The normalized spacial score (nSPS) is 15.4. The first-order valence-electron chi connectivity index (χ1n) is 7.76. The topological polar surface area (TPSA) is 108 Å². The molecule has 0 fully saturated rings. The van der Waals surface area contributed by atoms with Crippen LogP contribution in [0.5, 0.6) is 0 Å². The third kappa shape index (κ3) is 12.4. The summed E-state index contributed by atoms with van der Waals surface area (Å²) in [6.07, 6.45) is -0.688. The Kier molecular flexibility index (Phi) is 10.3. The van der Waals surface area contributed by atoms with Crippen LogP contribution in [0.4, 0.5) is 0 Å². The molecule has 0 aliphatic heterocycles. The fraction of sp³-hybridized carbons (Fsp3) is 0.857. The van der Waals surface area contributed by atoms with Crippen molar-refractivity contribution in [1.82, 2.24) is 0 Å². The molecule has 0 aromatic heterocycles. The molecule has 0 bridgehead atoms. The molecule has 9 nitrogen and oxygen atoms in total. The van der Waals surface area contributed by atoms with Gasteiger partial charge in [-0.1, -0.05) is 13.8 Å². The third-order valence-electron chi connectivity index (χ3n) is 2.75. The summed E-state index contributed by atoms with van der Waals surface area (Å²) in [6, 6.07) is 0. The summed E-state index contributed by atoms with van der Waals surface area (Å²) in [4.78, 5) is 32.2. The number of esters is 2. The highest BCUT2D eigenvalue weighted by Gasteiger charge is 2.26. The van der Waals surface area contributed by atoms with Gasteiger partial charge in [-0.15, -0.1) is 0 Å². The van der Waals surface area contributed by atoms with E-state index in [1.54, 1.807) is 13.8 Å². The van der Waals surface area contributed by atoms with Crippen LogP contribution in [0.1, 0.15) is 26.7 Å². The zero-order chi connectivity index (χ0) is 18.8. The molecule has 10 heteroatoms. The van der Waals surface area contributed by atoms with Gasteiger partial charge in [0.05, 0.1) is 27.7 Å². The minimum Gasteiger partial charge on any atom is -0.462 e. The molecular weight excluding hydrogens is 341 g/mol. The summed E-state index contributed by atoms with van der Waals surface area (Å²) in [5, 5.41) is 0. The van der Waals surface area contributed by atoms with Crippen molar-refractivity contribution in [2.45, 2.75) is 32.8 Å². The van der Waals surface area contributed by atoms with Crippen LogP contribution < -0.4 is 0 Å². The van der Waals surface area contributed by atoms with E-state index in [0.29, 0.717) is 11.0 Å². The van der Waals surface area contributed by atoms with Crippen molar-refractivity contribution in [1.29, 1.82) is 0 Å². The molecule has 0 saturated carbocycles. The van der Waals surface area contributed by atoms with Crippen molar-refractivity contribution in [2.24, 2.45) is 0 Å². The van der Waals surface area contributed by atoms with Gasteiger partial charge in [0.1, 0.15) is 19.8 Å². The van der Waals surface area contributed by atoms with E-state index >= 15 is 0 Å². The number of ether oxygens (including phenoxy) is 2. The number of rotatable bonds is 12. The predicted octanol–water partition coefficient (Wildman–Crippen LogP) is 1.10. The lowest BCUT2D eigenvalue weighted by molar-refractivity contribution is -0.870. The highest BCUT2D eigenvalue weighted by atomic mass is 31.2. The number of phosphoric ester groups is 1. The molecule has 0 aliphatic rings. The maximum Gasteiger partial charge on any atom is 0.472 e. The van der Waals surface area contributed by atoms with Crippen molar-refractivity contribution < 1.29 is 42.1 Å². The second-order valence-corrected chi connectivity index (χ2v) is 7.57. The number of hydrogen-bond acceptors (Lipinski definition) is 7. The molecule has 0 spiro atoms. The monoisotopic (exact) mass is 370 g/mol. The summed E-state index contributed by atoms with van der Waals surface area (Å²) in [6.45, 7) is 3.09. The van der Waals surface area contributed by atoms with E-state index in [4.69, 9.17) is 18.5 Å². The molecular formula is C14H29NO8P+. The van der Waals surface area contributed by atoms with Crippen LogP contribution in [0.25, 0.3) is 0 Å². The molecule has 2 unspecified atom stereocenters. The Hall–Kier alpha value is -0.990. The van der Waals surface area contributed by atoms with Crippen molar-refractivity contribution in [2.75, 3.05) is 47.5 Å². The second kappa shape index (κ2) is 10.8. The van der Waals surface area contributed by atoms with E-state index in [0.717, 1.165) is 0 Å². The second-order valence-electron chi connectivity index (χ2n) is 6.11. The summed E-state index contributed by atoms with van der Waals surface area (Å²) in [5.74, 6) is -1.01. The van der Waals surface area contributed by atoms with E-state index in [-0.39, 0.29) is 26.1 Å². The number of nitrogens with zero attached hydrogens (tertiary/aromatic N) is 1. The van der Waals surface area contributed by atoms with Gasteiger partial charge in [0.2, 0.25) is 0 Å². The van der Waals surface area contributed by atoms with Crippen LogP contribution in [-0.4, -0.2) is 74.9 Å². The molecule has 0 saturated heterocycles. The zero-order valence-corrected chi connectivity index (χ0v) is 15.9. The zero-order valence-electron chi connectivity index (χ0n) is 15.0. The van der Waals surface area contributed by atoms with Gasteiger partial charge in [0.25, 0.3) is 0 Å². The van der Waals surface area contributed by atoms with Crippen molar-refractivity contribution >= 4 is 19.8 Å². The lowest BCUT2D eigenvalue weighted by atomic mass is 10.4. The minimum atomic E-state index is -4.28. The number of hydrogen-bond donors (Lipinski definition) is 1. The Bertz CT molecular complexity index is 449. The number of carbonyl (C=O) groups excluding carboxylic acids is 2. The fourth-order valence-electron chi connectivity index (χ4n) is 1.32. The van der Waals surface area contributed by atoms with Gasteiger partial charge in [-0.05, 0) is 0 Å². The summed E-state index contributed by atoms with van der Waals surface area (Å²) in [5.41, 5.74) is 0. The molecule has 0 aliphatic carbocycles. The van der Waals surface area contributed by atoms with E-state index in [2.05, 4.69) is 0 Å². The van der Waals surface area contributed by atoms with Crippen LogP contribution in [0.3, 0.4) is 0 Å². The first kappa shape index (κ1) is 23.0. The van der Waals surface area contributed by atoms with Crippen molar-refractivity contribution in [3.63, 3.8) is 0 Å². The molecule has 0 heterocycles. The molecule has 2 atom stereocenters. The molecule has 0 radical (unpaired) electrons. The Labute approximate surface area is 143 Å². The number of quaternary nitrogens is 1. The minimum absolute atomic E-state index is 0.0293. The van der Waals surface area contributed by atoms with Gasteiger partial charge in [0.15, 0.2) is 6.10 Å². The van der Waals surface area contributed by atoms with Crippen LogP contribution in [0.2, 0.25) is 0 Å². The van der Waals surface area contributed by atoms with E-state index < -0.39 is 32.5 Å². The average molecular weight is 370 g/mol. The Balaban J connectivity index is 4.46. The van der Waals surface area contributed by atoms with Gasteiger partial charge < -0.3 is 18.9 Å². The summed E-state index contributed by atoms with van der Waals surface area (Å²) >= 11 is 0. The number of phosphoric acid groups is 1. The molecule has 1 N–H and O–H groups in total. The SMILES string of the molecule is CCC(=O)OCC(COP(=O)(O)OCC[N+](C)(C)C)OC(=O)CC. The van der Waals surface area contributed by atoms with E-state index in [1.165, 1.54) is 0 Å². The predicted molar refractivity (Wildman–Crippen MR) is 86.0 cm³/mol. The largest absolute Gasteiger partial charge is 0.472 e. The number of likely N-dealkylation sites (N-methyl/N-ethyl adjacent to an activating group) is 1. The highest BCUT2D eigenvalue weighted by molar-refractivity contribution is 7.47. The molecule has 142 valence electrons. The van der Waals surface area contributed by atoms with Crippen LogP contribution in [0, 0.1) is 0 Å². The fourth-order valence-corrected chi connectivity index (χ4v) is 2.06. The summed E-state index contributed by atoms with van der Waals surface area (Å²) < 4.78 is 32.0. The first-order valence-corrected chi connectivity index (χ1v) is 9.26. The lowest BCUT2D eigenvalue weighted by Gasteiger charge is -2.24. The molecule has 0 rings (SSSR count). The van der Waals surface area contributed by atoms with Crippen LogP contribution >= 0.6 is 7.82 Å². The lowest BCUT2D eigenvalue weighted by Crippen LogP contribution is -2.37. The van der Waals surface area contributed by atoms with E-state index in [1.807, 2.05) is 21.1 Å². The smallest absolute Gasteiger partial charge is 0.462 e. The van der Waals surface area contributed by atoms with Crippen LogP contribution in [-0.2, 0) is 32.7 Å². The molecule has 24 heavy (non-hydrogen) atoms. The maximum absolute atomic E-state index is 11.8.